The Bertz CT molecular complexity index is 596. The number of carboxylic acid groups (broad SMARTS) is 1. The van der Waals surface area contributed by atoms with Gasteiger partial charge in [-0.25, -0.2) is 4.79 Å². The van der Waals surface area contributed by atoms with Gasteiger partial charge in [-0.2, -0.15) is 0 Å². The van der Waals surface area contributed by atoms with Crippen molar-refractivity contribution in [1.29, 1.82) is 0 Å². The molecule has 0 saturated heterocycles. The molecule has 1 heterocycles. The van der Waals surface area contributed by atoms with Crippen molar-refractivity contribution in [2.75, 3.05) is 0 Å². The Kier molecular flexibility index (Phi) is 3.60. The molecule has 0 radical (unpaired) electrons. The summed E-state index contributed by atoms with van der Waals surface area (Å²) in [5.74, 6) is 0.0805. The topological polar surface area (TPSA) is 59.7 Å². The molecule has 1 aromatic heterocycles. The van der Waals surface area contributed by atoms with E-state index >= 15 is 0 Å². The molecule has 0 bridgehead atoms. The molecule has 1 N–H and O–H groups in total. The van der Waals surface area contributed by atoms with Crippen LogP contribution in [0.4, 0.5) is 0 Å². The fourth-order valence-electron chi connectivity index (χ4n) is 1.89. The first kappa shape index (κ1) is 13.2. The molecule has 1 aromatic carbocycles. The van der Waals surface area contributed by atoms with Gasteiger partial charge in [-0.1, -0.05) is 18.2 Å². The van der Waals surface area contributed by atoms with Gasteiger partial charge in [0.15, 0.2) is 0 Å². The van der Waals surface area contributed by atoms with Crippen molar-refractivity contribution in [2.24, 2.45) is 0 Å². The van der Waals surface area contributed by atoms with Gasteiger partial charge in [0.1, 0.15) is 5.76 Å². The lowest BCUT2D eigenvalue weighted by Crippen LogP contribution is -2.06. The minimum atomic E-state index is -0.968. The Morgan fingerprint density at radius 2 is 1.95 bits per heavy atom. The van der Waals surface area contributed by atoms with E-state index in [0.29, 0.717) is 22.8 Å². The molecule has 0 aliphatic rings. The predicted octanol–water partition coefficient (Wildman–Crippen LogP) is 3.74. The summed E-state index contributed by atoms with van der Waals surface area (Å²) in [6.07, 6.45) is -0.0405. The second kappa shape index (κ2) is 5.18. The Balaban J connectivity index is 2.55. The zero-order chi connectivity index (χ0) is 14.0. The van der Waals surface area contributed by atoms with Gasteiger partial charge in [0.05, 0.1) is 17.2 Å². The number of furan rings is 1. The van der Waals surface area contributed by atoms with E-state index in [1.807, 2.05) is 13.8 Å². The number of hydrogen-bond donors (Lipinski definition) is 1. The van der Waals surface area contributed by atoms with Gasteiger partial charge in [-0.3, -0.25) is 0 Å². The summed E-state index contributed by atoms with van der Waals surface area (Å²) in [4.78, 5) is 11.3. The SMILES string of the molecule is Cc1cc(-c2ccccc2C(=O)O)c(OC(C)C)o1. The lowest BCUT2D eigenvalue weighted by Gasteiger charge is -2.10. The molecule has 0 amide bonds. The predicted molar refractivity (Wildman–Crippen MR) is 71.6 cm³/mol. The molecule has 0 fully saturated rings. The van der Waals surface area contributed by atoms with E-state index in [4.69, 9.17) is 9.15 Å². The van der Waals surface area contributed by atoms with Gasteiger partial charge in [0.25, 0.3) is 5.95 Å². The van der Waals surface area contributed by atoms with E-state index in [-0.39, 0.29) is 11.7 Å². The number of rotatable bonds is 4. The van der Waals surface area contributed by atoms with Crippen molar-refractivity contribution in [3.63, 3.8) is 0 Å². The Hall–Kier alpha value is -2.23. The number of carboxylic acids is 1. The van der Waals surface area contributed by atoms with E-state index in [0.717, 1.165) is 0 Å². The van der Waals surface area contributed by atoms with Gasteiger partial charge >= 0.3 is 5.97 Å². The summed E-state index contributed by atoms with van der Waals surface area (Å²) in [7, 11) is 0. The molecule has 2 rings (SSSR count). The van der Waals surface area contributed by atoms with Crippen LogP contribution in [-0.2, 0) is 0 Å². The van der Waals surface area contributed by atoms with E-state index in [9.17, 15) is 9.90 Å². The highest BCUT2D eigenvalue weighted by Crippen LogP contribution is 2.35. The zero-order valence-corrected chi connectivity index (χ0v) is 11.1. The summed E-state index contributed by atoms with van der Waals surface area (Å²) < 4.78 is 11.1. The number of benzene rings is 1. The van der Waals surface area contributed by atoms with Crippen LogP contribution in [0.15, 0.2) is 34.7 Å². The summed E-state index contributed by atoms with van der Waals surface area (Å²) in [6, 6.07) is 8.60. The summed E-state index contributed by atoms with van der Waals surface area (Å²) in [5, 5.41) is 9.24. The number of ether oxygens (including phenoxy) is 1. The largest absolute Gasteiger partial charge is 0.478 e. The third-order valence-electron chi connectivity index (χ3n) is 2.61. The third-order valence-corrected chi connectivity index (χ3v) is 2.61. The molecule has 0 aliphatic heterocycles. The highest BCUT2D eigenvalue weighted by atomic mass is 16.6. The van der Waals surface area contributed by atoms with Gasteiger partial charge in [-0.05, 0) is 32.9 Å². The van der Waals surface area contributed by atoms with Gasteiger partial charge in [0, 0.05) is 5.56 Å². The van der Waals surface area contributed by atoms with Crippen LogP contribution in [-0.4, -0.2) is 17.2 Å². The molecule has 100 valence electrons. The molecule has 4 heteroatoms. The molecule has 4 nitrogen and oxygen atoms in total. The zero-order valence-electron chi connectivity index (χ0n) is 11.1. The number of aryl methyl sites for hydroxylation is 1. The fraction of sp³-hybridized carbons (Fsp3) is 0.267. The van der Waals surface area contributed by atoms with Crippen molar-refractivity contribution in [2.45, 2.75) is 26.9 Å². The van der Waals surface area contributed by atoms with Crippen LogP contribution < -0.4 is 4.74 Å². The lowest BCUT2D eigenvalue weighted by atomic mass is 10.0. The van der Waals surface area contributed by atoms with Crippen molar-refractivity contribution in [3.8, 4) is 17.1 Å². The average Bonchev–Trinajstić information content (AvgIpc) is 2.69. The van der Waals surface area contributed by atoms with Crippen molar-refractivity contribution in [1.82, 2.24) is 0 Å². The maximum atomic E-state index is 11.3. The second-order valence-corrected chi connectivity index (χ2v) is 4.58. The maximum Gasteiger partial charge on any atom is 0.336 e. The molecule has 0 unspecified atom stereocenters. The van der Waals surface area contributed by atoms with Crippen LogP contribution in [0, 0.1) is 6.92 Å². The molecular weight excluding hydrogens is 244 g/mol. The number of carbonyl (C=O) groups is 1. The highest BCUT2D eigenvalue weighted by molar-refractivity contribution is 5.96. The van der Waals surface area contributed by atoms with Crippen molar-refractivity contribution < 1.29 is 19.1 Å². The van der Waals surface area contributed by atoms with E-state index < -0.39 is 5.97 Å². The quantitative estimate of drug-likeness (QED) is 0.909. The Morgan fingerprint density at radius 3 is 2.58 bits per heavy atom. The minimum Gasteiger partial charge on any atom is -0.478 e. The third kappa shape index (κ3) is 2.78. The molecule has 2 aromatic rings. The smallest absolute Gasteiger partial charge is 0.336 e. The first-order chi connectivity index (χ1) is 8.99. The highest BCUT2D eigenvalue weighted by Gasteiger charge is 2.19. The maximum absolute atomic E-state index is 11.3. The van der Waals surface area contributed by atoms with Crippen LogP contribution in [0.5, 0.6) is 5.95 Å². The summed E-state index contributed by atoms with van der Waals surface area (Å²) in [5.41, 5.74) is 1.50. The van der Waals surface area contributed by atoms with Crippen LogP contribution >= 0.6 is 0 Å². The van der Waals surface area contributed by atoms with Crippen molar-refractivity contribution in [3.05, 3.63) is 41.7 Å². The van der Waals surface area contributed by atoms with Gasteiger partial charge < -0.3 is 14.3 Å². The molecule has 0 aliphatic carbocycles. The first-order valence-corrected chi connectivity index (χ1v) is 6.09. The summed E-state index contributed by atoms with van der Waals surface area (Å²) in [6.45, 7) is 5.59. The number of aromatic carboxylic acids is 1. The molecule has 0 atom stereocenters. The molecular formula is C15H16O4. The lowest BCUT2D eigenvalue weighted by molar-refractivity contribution is 0.0697. The Morgan fingerprint density at radius 1 is 1.26 bits per heavy atom. The molecule has 0 spiro atoms. The van der Waals surface area contributed by atoms with Crippen LogP contribution in [0.3, 0.4) is 0 Å². The normalized spacial score (nSPS) is 10.7. The average molecular weight is 260 g/mol. The van der Waals surface area contributed by atoms with E-state index in [1.165, 1.54) is 0 Å². The van der Waals surface area contributed by atoms with Crippen LogP contribution in [0.25, 0.3) is 11.1 Å². The van der Waals surface area contributed by atoms with Crippen molar-refractivity contribution >= 4 is 5.97 Å². The number of hydrogen-bond acceptors (Lipinski definition) is 3. The fourth-order valence-corrected chi connectivity index (χ4v) is 1.89. The molecule has 0 saturated carbocycles. The van der Waals surface area contributed by atoms with Crippen LogP contribution in [0.2, 0.25) is 0 Å². The second-order valence-electron chi connectivity index (χ2n) is 4.58. The van der Waals surface area contributed by atoms with E-state index in [2.05, 4.69) is 0 Å². The first-order valence-electron chi connectivity index (χ1n) is 6.09. The van der Waals surface area contributed by atoms with Gasteiger partial charge in [-0.15, -0.1) is 0 Å². The standard InChI is InChI=1S/C15H16O4/c1-9(2)18-15-13(8-10(3)19-15)11-6-4-5-7-12(11)14(16)17/h4-9H,1-3H3,(H,16,17). The summed E-state index contributed by atoms with van der Waals surface area (Å²) >= 11 is 0. The molecule has 19 heavy (non-hydrogen) atoms. The van der Waals surface area contributed by atoms with E-state index in [1.54, 1.807) is 37.3 Å². The Labute approximate surface area is 111 Å². The monoisotopic (exact) mass is 260 g/mol. The minimum absolute atomic E-state index is 0.0405. The van der Waals surface area contributed by atoms with Crippen LogP contribution in [0.1, 0.15) is 30.0 Å². The van der Waals surface area contributed by atoms with Gasteiger partial charge in [0.2, 0.25) is 0 Å².